The van der Waals surface area contributed by atoms with Crippen LogP contribution in [0.5, 0.6) is 0 Å². The molecule has 136 valence electrons. The molecule has 2 rings (SSSR count). The number of fused-ring (bicyclic) bond motifs is 1. The second-order valence-corrected chi connectivity index (χ2v) is 6.41. The molecule has 3 N–H and O–H groups in total. The Kier molecular flexibility index (Phi) is 6.98. The van der Waals surface area contributed by atoms with Gasteiger partial charge in [0.05, 0.1) is 6.04 Å². The molecule has 1 aromatic carbocycles. The van der Waals surface area contributed by atoms with Crippen molar-refractivity contribution in [1.29, 1.82) is 0 Å². The van der Waals surface area contributed by atoms with Crippen molar-refractivity contribution < 1.29 is 14.4 Å². The third kappa shape index (κ3) is 5.59. The molecule has 0 fully saturated rings. The van der Waals surface area contributed by atoms with E-state index in [1.54, 1.807) is 0 Å². The molecule has 1 atom stereocenters. The van der Waals surface area contributed by atoms with Crippen LogP contribution in [0.15, 0.2) is 18.2 Å². The van der Waals surface area contributed by atoms with Crippen LogP contribution >= 0.6 is 0 Å². The van der Waals surface area contributed by atoms with Crippen molar-refractivity contribution in [2.45, 2.75) is 52.0 Å². The van der Waals surface area contributed by atoms with E-state index < -0.39 is 11.8 Å². The first-order chi connectivity index (χ1) is 12.0. The van der Waals surface area contributed by atoms with Gasteiger partial charge in [0, 0.05) is 20.0 Å². The van der Waals surface area contributed by atoms with Crippen LogP contribution in [0.3, 0.4) is 0 Å². The minimum atomic E-state index is -0.679. The number of hydrogen-bond acceptors (Lipinski definition) is 3. The first kappa shape index (κ1) is 19.0. The smallest absolute Gasteiger partial charge is 0.309 e. The first-order valence-corrected chi connectivity index (χ1v) is 8.96. The van der Waals surface area contributed by atoms with Gasteiger partial charge in [0.25, 0.3) is 0 Å². The van der Waals surface area contributed by atoms with Gasteiger partial charge in [-0.3, -0.25) is 14.4 Å². The Hall–Kier alpha value is -2.37. The van der Waals surface area contributed by atoms with Gasteiger partial charge < -0.3 is 16.0 Å². The van der Waals surface area contributed by atoms with Crippen LogP contribution in [0, 0.1) is 0 Å². The number of amides is 3. The zero-order chi connectivity index (χ0) is 18.2. The zero-order valence-electron chi connectivity index (χ0n) is 15.0. The van der Waals surface area contributed by atoms with Crippen molar-refractivity contribution in [2.24, 2.45) is 0 Å². The van der Waals surface area contributed by atoms with Gasteiger partial charge in [0.1, 0.15) is 0 Å². The molecule has 1 unspecified atom stereocenters. The minimum Gasteiger partial charge on any atom is -0.355 e. The summed E-state index contributed by atoms with van der Waals surface area (Å²) in [4.78, 5) is 34.7. The van der Waals surface area contributed by atoms with Crippen LogP contribution in [0.25, 0.3) is 0 Å². The van der Waals surface area contributed by atoms with Gasteiger partial charge in [-0.2, -0.15) is 0 Å². The molecule has 0 saturated carbocycles. The molecule has 0 heterocycles. The average Bonchev–Trinajstić information content (AvgIpc) is 2.62. The predicted molar refractivity (Wildman–Crippen MR) is 96.0 cm³/mol. The van der Waals surface area contributed by atoms with Gasteiger partial charge in [0.2, 0.25) is 5.91 Å². The largest absolute Gasteiger partial charge is 0.355 e. The van der Waals surface area contributed by atoms with Gasteiger partial charge >= 0.3 is 11.8 Å². The standard InChI is InChI=1S/C19H27N3O3/c1-3-17(16-9-8-14-6-4-5-7-15(14)12-16)22-19(25)18(24)21-11-10-20-13(2)23/h8-9,12,17H,3-7,10-11H2,1-2H3,(H,20,23)(H,21,24)(H,22,25). The lowest BCUT2D eigenvalue weighted by molar-refractivity contribution is -0.139. The summed E-state index contributed by atoms with van der Waals surface area (Å²) in [7, 11) is 0. The van der Waals surface area contributed by atoms with E-state index >= 15 is 0 Å². The van der Waals surface area contributed by atoms with E-state index in [0.717, 1.165) is 18.4 Å². The van der Waals surface area contributed by atoms with Gasteiger partial charge in [-0.1, -0.05) is 25.1 Å². The molecule has 6 heteroatoms. The van der Waals surface area contributed by atoms with Crippen LogP contribution in [-0.4, -0.2) is 30.8 Å². The summed E-state index contributed by atoms with van der Waals surface area (Å²) in [6.07, 6.45) is 5.35. The predicted octanol–water partition coefficient (Wildman–Crippen LogP) is 1.39. The Labute approximate surface area is 148 Å². The second-order valence-electron chi connectivity index (χ2n) is 6.41. The third-order valence-corrected chi connectivity index (χ3v) is 4.48. The van der Waals surface area contributed by atoms with Crippen molar-refractivity contribution in [1.82, 2.24) is 16.0 Å². The molecular formula is C19H27N3O3. The van der Waals surface area contributed by atoms with E-state index in [2.05, 4.69) is 28.1 Å². The Morgan fingerprint density at radius 2 is 1.68 bits per heavy atom. The van der Waals surface area contributed by atoms with Crippen LogP contribution in [0.2, 0.25) is 0 Å². The minimum absolute atomic E-state index is 0.169. The van der Waals surface area contributed by atoms with Crippen molar-refractivity contribution in [3.05, 3.63) is 34.9 Å². The summed E-state index contributed by atoms with van der Waals surface area (Å²) in [6, 6.07) is 6.18. The average molecular weight is 345 g/mol. The quantitative estimate of drug-likeness (QED) is 0.538. The Morgan fingerprint density at radius 1 is 1.00 bits per heavy atom. The second kappa shape index (κ2) is 9.20. The lowest BCUT2D eigenvalue weighted by atomic mass is 9.89. The molecule has 1 aromatic rings. The summed E-state index contributed by atoms with van der Waals surface area (Å²) in [5.74, 6) is -1.49. The molecule has 0 aromatic heterocycles. The molecule has 0 spiro atoms. The molecule has 25 heavy (non-hydrogen) atoms. The van der Waals surface area contributed by atoms with E-state index in [1.165, 1.54) is 30.9 Å². The number of aryl methyl sites for hydroxylation is 2. The van der Waals surface area contributed by atoms with Crippen LogP contribution < -0.4 is 16.0 Å². The molecule has 0 aliphatic heterocycles. The fraction of sp³-hybridized carbons (Fsp3) is 0.526. The maximum atomic E-state index is 12.1. The summed E-state index contributed by atoms with van der Waals surface area (Å²) in [5.41, 5.74) is 3.80. The van der Waals surface area contributed by atoms with Gasteiger partial charge in [-0.25, -0.2) is 0 Å². The van der Waals surface area contributed by atoms with Crippen LogP contribution in [0.1, 0.15) is 55.8 Å². The topological polar surface area (TPSA) is 87.3 Å². The number of carbonyl (C=O) groups is 3. The maximum absolute atomic E-state index is 12.1. The first-order valence-electron chi connectivity index (χ1n) is 8.96. The summed E-state index contributed by atoms with van der Waals surface area (Å²) in [5, 5.41) is 7.87. The normalized spacial score (nSPS) is 14.2. The maximum Gasteiger partial charge on any atom is 0.309 e. The number of carbonyl (C=O) groups excluding carboxylic acids is 3. The van der Waals surface area contributed by atoms with E-state index in [-0.39, 0.29) is 18.5 Å². The van der Waals surface area contributed by atoms with Crippen LogP contribution in [0.4, 0.5) is 0 Å². The van der Waals surface area contributed by atoms with Crippen molar-refractivity contribution in [3.8, 4) is 0 Å². The van der Waals surface area contributed by atoms with E-state index in [0.29, 0.717) is 13.0 Å². The molecule has 0 saturated heterocycles. The highest BCUT2D eigenvalue weighted by atomic mass is 16.2. The Bertz CT molecular complexity index is 643. The SMILES string of the molecule is CCC(NC(=O)C(=O)NCCNC(C)=O)c1ccc2c(c1)CCCC2. The third-order valence-electron chi connectivity index (χ3n) is 4.48. The zero-order valence-corrected chi connectivity index (χ0v) is 15.0. The lowest BCUT2D eigenvalue weighted by Crippen LogP contribution is -2.43. The molecule has 0 bridgehead atoms. The number of nitrogens with one attached hydrogen (secondary N) is 3. The fourth-order valence-corrected chi connectivity index (χ4v) is 3.11. The summed E-state index contributed by atoms with van der Waals surface area (Å²) < 4.78 is 0. The molecule has 6 nitrogen and oxygen atoms in total. The van der Waals surface area contributed by atoms with Crippen LogP contribution in [-0.2, 0) is 27.2 Å². The van der Waals surface area contributed by atoms with Gasteiger partial charge in [0.15, 0.2) is 0 Å². The molecule has 0 radical (unpaired) electrons. The number of benzene rings is 1. The van der Waals surface area contributed by atoms with Crippen molar-refractivity contribution in [3.63, 3.8) is 0 Å². The van der Waals surface area contributed by atoms with Crippen molar-refractivity contribution >= 4 is 17.7 Å². The summed E-state index contributed by atoms with van der Waals surface area (Å²) in [6.45, 7) is 3.91. The van der Waals surface area contributed by atoms with Crippen molar-refractivity contribution in [2.75, 3.05) is 13.1 Å². The van der Waals surface area contributed by atoms with Gasteiger partial charge in [-0.15, -0.1) is 0 Å². The number of rotatable bonds is 6. The molecule has 1 aliphatic carbocycles. The summed E-state index contributed by atoms with van der Waals surface area (Å²) >= 11 is 0. The number of hydrogen-bond donors (Lipinski definition) is 3. The molecular weight excluding hydrogens is 318 g/mol. The highest BCUT2D eigenvalue weighted by Gasteiger charge is 2.20. The van der Waals surface area contributed by atoms with E-state index in [1.807, 2.05) is 13.0 Å². The lowest BCUT2D eigenvalue weighted by Gasteiger charge is -2.21. The monoisotopic (exact) mass is 345 g/mol. The Balaban J connectivity index is 1.91. The molecule has 1 aliphatic rings. The highest BCUT2D eigenvalue weighted by Crippen LogP contribution is 2.26. The van der Waals surface area contributed by atoms with E-state index in [4.69, 9.17) is 0 Å². The van der Waals surface area contributed by atoms with E-state index in [9.17, 15) is 14.4 Å². The van der Waals surface area contributed by atoms with Gasteiger partial charge in [-0.05, 0) is 48.8 Å². The molecule has 3 amide bonds. The highest BCUT2D eigenvalue weighted by molar-refractivity contribution is 6.35. The fourth-order valence-electron chi connectivity index (χ4n) is 3.11. The Morgan fingerprint density at radius 3 is 2.36 bits per heavy atom.